The Bertz CT molecular complexity index is 510. The van der Waals surface area contributed by atoms with Gasteiger partial charge in [-0.25, -0.2) is 9.18 Å². The maximum absolute atomic E-state index is 13.5. The fourth-order valence-electron chi connectivity index (χ4n) is 2.55. The summed E-state index contributed by atoms with van der Waals surface area (Å²) in [6.45, 7) is 3.14. The Balaban J connectivity index is 1.71. The molecular formula is C16H23FN2O3. The van der Waals surface area contributed by atoms with E-state index in [1.165, 1.54) is 13.2 Å². The summed E-state index contributed by atoms with van der Waals surface area (Å²) in [6, 6.07) is 4.78. The lowest BCUT2D eigenvalue weighted by atomic mass is 10.0. The molecule has 6 heteroatoms. The molecule has 0 aliphatic carbocycles. The van der Waals surface area contributed by atoms with E-state index in [1.54, 1.807) is 12.1 Å². The summed E-state index contributed by atoms with van der Waals surface area (Å²) >= 11 is 0. The number of nitrogens with one attached hydrogen (secondary N) is 2. The molecule has 2 rings (SSSR count). The Morgan fingerprint density at radius 3 is 3.00 bits per heavy atom. The number of hydrogen-bond acceptors (Lipinski definition) is 3. The number of benzene rings is 1. The smallest absolute Gasteiger partial charge is 0.315 e. The van der Waals surface area contributed by atoms with Crippen LogP contribution < -0.4 is 15.4 Å². The molecule has 5 nitrogen and oxygen atoms in total. The van der Waals surface area contributed by atoms with Gasteiger partial charge in [0.2, 0.25) is 0 Å². The van der Waals surface area contributed by atoms with Crippen LogP contribution in [-0.2, 0) is 11.2 Å². The number of carbonyl (C=O) groups excluding carboxylic acids is 1. The summed E-state index contributed by atoms with van der Waals surface area (Å²) in [5.41, 5.74) is 0.818. The predicted octanol–water partition coefficient (Wildman–Crippen LogP) is 2.24. The molecule has 22 heavy (non-hydrogen) atoms. The van der Waals surface area contributed by atoms with Crippen LogP contribution in [0.2, 0.25) is 0 Å². The van der Waals surface area contributed by atoms with Crippen LogP contribution in [0.3, 0.4) is 0 Å². The van der Waals surface area contributed by atoms with Gasteiger partial charge in [-0.15, -0.1) is 0 Å². The Morgan fingerprint density at radius 2 is 2.32 bits per heavy atom. The summed E-state index contributed by atoms with van der Waals surface area (Å²) in [4.78, 5) is 11.8. The highest BCUT2D eigenvalue weighted by Crippen LogP contribution is 2.17. The number of urea groups is 1. The van der Waals surface area contributed by atoms with Crippen molar-refractivity contribution in [3.63, 3.8) is 0 Å². The molecular weight excluding hydrogens is 287 g/mol. The topological polar surface area (TPSA) is 59.6 Å². The molecule has 1 aromatic rings. The molecule has 0 radical (unpaired) electrons. The third-order valence-corrected chi connectivity index (χ3v) is 3.74. The van der Waals surface area contributed by atoms with Gasteiger partial charge in [0.1, 0.15) is 0 Å². The minimum absolute atomic E-state index is 0.155. The van der Waals surface area contributed by atoms with E-state index in [4.69, 9.17) is 9.47 Å². The van der Waals surface area contributed by atoms with E-state index >= 15 is 0 Å². The summed E-state index contributed by atoms with van der Waals surface area (Å²) in [7, 11) is 1.43. The molecule has 1 aliphatic heterocycles. The fraction of sp³-hybridized carbons (Fsp3) is 0.562. The molecule has 0 saturated carbocycles. The molecule has 1 aromatic carbocycles. The molecule has 0 aromatic heterocycles. The molecule has 2 unspecified atom stereocenters. The Hall–Kier alpha value is -1.82. The van der Waals surface area contributed by atoms with Crippen molar-refractivity contribution >= 4 is 6.03 Å². The van der Waals surface area contributed by atoms with E-state index in [1.807, 2.05) is 6.92 Å². The number of carbonyl (C=O) groups is 1. The predicted molar refractivity (Wildman–Crippen MR) is 81.6 cm³/mol. The molecule has 1 fully saturated rings. The number of hydrogen-bond donors (Lipinski definition) is 2. The standard InChI is InChI=1S/C16H23FN2O3/c1-11-9-13(6-8-22-11)19-16(20)18-7-5-12-3-4-15(21-2)14(17)10-12/h3-4,10-11,13H,5-9H2,1-2H3,(H2,18,19,20). The zero-order chi connectivity index (χ0) is 15.9. The van der Waals surface area contributed by atoms with Crippen molar-refractivity contribution in [3.8, 4) is 5.75 Å². The van der Waals surface area contributed by atoms with Gasteiger partial charge in [-0.05, 0) is 43.9 Å². The lowest BCUT2D eigenvalue weighted by molar-refractivity contribution is 0.0154. The van der Waals surface area contributed by atoms with Crippen molar-refractivity contribution in [1.29, 1.82) is 0 Å². The second-order valence-electron chi connectivity index (χ2n) is 5.52. The van der Waals surface area contributed by atoms with Crippen molar-refractivity contribution in [3.05, 3.63) is 29.6 Å². The second-order valence-corrected chi connectivity index (χ2v) is 5.52. The zero-order valence-electron chi connectivity index (χ0n) is 13.0. The Labute approximate surface area is 130 Å². The minimum atomic E-state index is -0.388. The van der Waals surface area contributed by atoms with Crippen LogP contribution in [0.15, 0.2) is 18.2 Å². The molecule has 1 saturated heterocycles. The van der Waals surface area contributed by atoms with Gasteiger partial charge in [0, 0.05) is 19.2 Å². The number of rotatable bonds is 5. The molecule has 0 bridgehead atoms. The highest BCUT2D eigenvalue weighted by Gasteiger charge is 2.20. The Kier molecular flexibility index (Phi) is 6.00. The summed E-state index contributed by atoms with van der Waals surface area (Å²) in [5.74, 6) is -0.163. The summed E-state index contributed by atoms with van der Waals surface area (Å²) < 4.78 is 23.9. The molecule has 2 N–H and O–H groups in total. The first kappa shape index (κ1) is 16.5. The third kappa shape index (κ3) is 4.87. The van der Waals surface area contributed by atoms with Gasteiger partial charge >= 0.3 is 6.03 Å². The first-order chi connectivity index (χ1) is 10.6. The largest absolute Gasteiger partial charge is 0.494 e. The highest BCUT2D eigenvalue weighted by molar-refractivity contribution is 5.74. The Morgan fingerprint density at radius 1 is 1.50 bits per heavy atom. The van der Waals surface area contributed by atoms with Crippen molar-refractivity contribution < 1.29 is 18.7 Å². The van der Waals surface area contributed by atoms with E-state index in [-0.39, 0.29) is 29.7 Å². The first-order valence-electron chi connectivity index (χ1n) is 7.57. The quantitative estimate of drug-likeness (QED) is 0.877. The highest BCUT2D eigenvalue weighted by atomic mass is 19.1. The van der Waals surface area contributed by atoms with Crippen LogP contribution in [0, 0.1) is 5.82 Å². The van der Waals surface area contributed by atoms with Crippen molar-refractivity contribution in [1.82, 2.24) is 10.6 Å². The van der Waals surface area contributed by atoms with Gasteiger partial charge in [-0.3, -0.25) is 0 Å². The zero-order valence-corrected chi connectivity index (χ0v) is 13.0. The van der Waals surface area contributed by atoms with Crippen molar-refractivity contribution in [2.45, 2.75) is 38.3 Å². The van der Waals surface area contributed by atoms with Crippen LogP contribution in [0.5, 0.6) is 5.75 Å². The molecule has 1 aliphatic rings. The maximum Gasteiger partial charge on any atom is 0.315 e. The fourth-order valence-corrected chi connectivity index (χ4v) is 2.55. The van der Waals surface area contributed by atoms with E-state index in [2.05, 4.69) is 10.6 Å². The lowest BCUT2D eigenvalue weighted by Gasteiger charge is -2.27. The SMILES string of the molecule is COc1ccc(CCNC(=O)NC2CCOC(C)C2)cc1F. The average molecular weight is 310 g/mol. The third-order valence-electron chi connectivity index (χ3n) is 3.74. The molecule has 122 valence electrons. The van der Waals surface area contributed by atoms with E-state index < -0.39 is 0 Å². The number of halogens is 1. The molecule has 0 spiro atoms. The van der Waals surface area contributed by atoms with Gasteiger partial charge in [0.15, 0.2) is 11.6 Å². The van der Waals surface area contributed by atoms with Gasteiger partial charge in [-0.2, -0.15) is 0 Å². The van der Waals surface area contributed by atoms with Crippen molar-refractivity contribution in [2.24, 2.45) is 0 Å². The van der Waals surface area contributed by atoms with E-state index in [0.717, 1.165) is 18.4 Å². The van der Waals surface area contributed by atoms with Crippen LogP contribution in [-0.4, -0.2) is 38.4 Å². The van der Waals surface area contributed by atoms with Gasteiger partial charge < -0.3 is 20.1 Å². The van der Waals surface area contributed by atoms with Crippen LogP contribution in [0.1, 0.15) is 25.3 Å². The number of ether oxygens (including phenoxy) is 2. The van der Waals surface area contributed by atoms with E-state index in [0.29, 0.717) is 19.6 Å². The molecule has 1 heterocycles. The average Bonchev–Trinajstić information content (AvgIpc) is 2.47. The lowest BCUT2D eigenvalue weighted by Crippen LogP contribution is -2.46. The van der Waals surface area contributed by atoms with E-state index in [9.17, 15) is 9.18 Å². The first-order valence-corrected chi connectivity index (χ1v) is 7.57. The van der Waals surface area contributed by atoms with Crippen LogP contribution in [0.4, 0.5) is 9.18 Å². The van der Waals surface area contributed by atoms with Gasteiger partial charge in [0.25, 0.3) is 0 Å². The summed E-state index contributed by atoms with van der Waals surface area (Å²) in [5, 5.41) is 5.74. The van der Waals surface area contributed by atoms with Crippen molar-refractivity contribution in [2.75, 3.05) is 20.3 Å². The number of methoxy groups -OCH3 is 1. The number of amides is 2. The van der Waals surface area contributed by atoms with Gasteiger partial charge in [0.05, 0.1) is 13.2 Å². The second kappa shape index (κ2) is 7.98. The molecule has 2 atom stereocenters. The minimum Gasteiger partial charge on any atom is -0.494 e. The van der Waals surface area contributed by atoms with Crippen LogP contribution in [0.25, 0.3) is 0 Å². The van der Waals surface area contributed by atoms with Crippen LogP contribution >= 0.6 is 0 Å². The summed E-state index contributed by atoms with van der Waals surface area (Å²) in [6.07, 6.45) is 2.41. The normalized spacial score (nSPS) is 21.2. The molecule has 2 amide bonds. The monoisotopic (exact) mass is 310 g/mol. The maximum atomic E-state index is 13.5. The van der Waals surface area contributed by atoms with Gasteiger partial charge in [-0.1, -0.05) is 6.07 Å².